The molecule has 5 aromatic rings. The second kappa shape index (κ2) is 9.66. The molecule has 0 saturated carbocycles. The van der Waals surface area contributed by atoms with Crippen LogP contribution in [0, 0.1) is 0 Å². The van der Waals surface area contributed by atoms with Crippen LogP contribution in [0.3, 0.4) is 0 Å². The molecule has 1 aliphatic rings. The number of benzene rings is 1. The lowest BCUT2D eigenvalue weighted by Gasteiger charge is -2.26. The van der Waals surface area contributed by atoms with Crippen LogP contribution < -0.4 is 15.5 Å². The van der Waals surface area contributed by atoms with E-state index in [1.807, 2.05) is 27.8 Å². The summed E-state index contributed by atoms with van der Waals surface area (Å²) >= 11 is 0. The summed E-state index contributed by atoms with van der Waals surface area (Å²) < 4.78 is 44.1. The Morgan fingerprint density at radius 1 is 0.897 bits per heavy atom. The summed E-state index contributed by atoms with van der Waals surface area (Å²) in [5.41, 5.74) is 0.712. The van der Waals surface area contributed by atoms with E-state index in [4.69, 9.17) is 0 Å². The summed E-state index contributed by atoms with van der Waals surface area (Å²) in [4.78, 5) is 35.1. The van der Waals surface area contributed by atoms with Crippen LogP contribution in [0.4, 0.5) is 42.4 Å². The average Bonchev–Trinajstić information content (AvgIpc) is 3.61. The SMILES string of the molecule is O=C1CCN(c2nc(Nc3cc(-n4cncn4)cc(C(F)(F)F)c3)nc(Nc3ccn4ccnc4c3)n2)CC1. The van der Waals surface area contributed by atoms with Crippen molar-refractivity contribution in [3.05, 3.63) is 67.1 Å². The standard InChI is InChI=1S/C24H20F3N11O/c25-24(26,27)15-9-17(11-18(10-15)38-14-28-13-30-38)32-22-33-21(31-16-1-5-36-8-4-29-20(36)12-16)34-23(35-22)37-6-2-19(39)3-7-37/h1,4-5,8-14H,2-3,6-7H2,(H2,31,32,33,34,35). The third kappa shape index (κ3) is 5.32. The number of aromatic nitrogens is 8. The number of alkyl halides is 3. The van der Waals surface area contributed by atoms with Crippen molar-refractivity contribution in [1.82, 2.24) is 39.1 Å². The molecule has 1 fully saturated rings. The molecule has 0 unspecified atom stereocenters. The van der Waals surface area contributed by atoms with Gasteiger partial charge in [-0.1, -0.05) is 0 Å². The Labute approximate surface area is 218 Å². The van der Waals surface area contributed by atoms with E-state index in [2.05, 4.69) is 40.7 Å². The number of fused-ring (bicyclic) bond motifs is 1. The van der Waals surface area contributed by atoms with Gasteiger partial charge in [-0.15, -0.1) is 0 Å². The Morgan fingerprint density at radius 2 is 1.67 bits per heavy atom. The highest BCUT2D eigenvalue weighted by Gasteiger charge is 2.31. The number of rotatable bonds is 6. The number of nitrogens with one attached hydrogen (secondary N) is 2. The fraction of sp³-hybridized carbons (Fsp3) is 0.208. The lowest BCUT2D eigenvalue weighted by Crippen LogP contribution is -2.35. The number of hydrogen-bond acceptors (Lipinski definition) is 10. The number of Topliss-reactive ketones (excluding diaryl/α,β-unsaturated/α-hetero) is 1. The summed E-state index contributed by atoms with van der Waals surface area (Å²) in [6, 6.07) is 7.02. The third-order valence-corrected chi connectivity index (χ3v) is 6.07. The van der Waals surface area contributed by atoms with E-state index in [1.165, 1.54) is 23.4 Å². The Hall–Kier alpha value is -5.08. The molecule has 12 nitrogen and oxygen atoms in total. The smallest absolute Gasteiger partial charge is 0.340 e. The van der Waals surface area contributed by atoms with Gasteiger partial charge in [-0.3, -0.25) is 4.79 Å². The van der Waals surface area contributed by atoms with Gasteiger partial charge < -0.3 is 19.9 Å². The van der Waals surface area contributed by atoms with Crippen LogP contribution in [0.2, 0.25) is 0 Å². The summed E-state index contributed by atoms with van der Waals surface area (Å²) in [6.45, 7) is 0.837. The van der Waals surface area contributed by atoms with Gasteiger partial charge in [0.15, 0.2) is 0 Å². The van der Waals surface area contributed by atoms with Crippen molar-refractivity contribution < 1.29 is 18.0 Å². The van der Waals surface area contributed by atoms with Gasteiger partial charge in [0.05, 0.1) is 11.3 Å². The summed E-state index contributed by atoms with van der Waals surface area (Å²) in [6.07, 6.45) is 3.92. The number of anilines is 5. The second-order valence-corrected chi connectivity index (χ2v) is 8.77. The van der Waals surface area contributed by atoms with Crippen LogP contribution >= 0.6 is 0 Å². The van der Waals surface area contributed by atoms with Gasteiger partial charge in [0.2, 0.25) is 17.8 Å². The predicted molar refractivity (Wildman–Crippen MR) is 134 cm³/mol. The Balaban J connectivity index is 1.37. The Kier molecular flexibility index (Phi) is 6.01. The number of nitrogens with zero attached hydrogens (tertiary/aromatic N) is 9. The van der Waals surface area contributed by atoms with E-state index in [0.717, 1.165) is 12.1 Å². The highest BCUT2D eigenvalue weighted by Crippen LogP contribution is 2.33. The zero-order chi connectivity index (χ0) is 27.0. The lowest BCUT2D eigenvalue weighted by molar-refractivity contribution is -0.137. The molecule has 1 aliphatic heterocycles. The fourth-order valence-corrected chi connectivity index (χ4v) is 4.14. The Morgan fingerprint density at radius 3 is 2.38 bits per heavy atom. The number of carbonyl (C=O) groups is 1. The summed E-state index contributed by atoms with van der Waals surface area (Å²) in [5.74, 6) is 0.617. The average molecular weight is 535 g/mol. The van der Waals surface area contributed by atoms with E-state index in [1.54, 1.807) is 12.3 Å². The number of ketones is 1. The van der Waals surface area contributed by atoms with E-state index < -0.39 is 11.7 Å². The fourth-order valence-electron chi connectivity index (χ4n) is 4.14. The number of carbonyl (C=O) groups excluding carboxylic acids is 1. The van der Waals surface area contributed by atoms with Crippen molar-refractivity contribution in [1.29, 1.82) is 0 Å². The topological polar surface area (TPSA) is 131 Å². The molecule has 39 heavy (non-hydrogen) atoms. The molecule has 1 saturated heterocycles. The minimum atomic E-state index is -4.60. The van der Waals surface area contributed by atoms with Gasteiger partial charge in [0.1, 0.15) is 24.1 Å². The van der Waals surface area contributed by atoms with Crippen LogP contribution in [-0.2, 0) is 11.0 Å². The highest BCUT2D eigenvalue weighted by molar-refractivity contribution is 5.80. The molecule has 0 spiro atoms. The van der Waals surface area contributed by atoms with Crippen molar-refractivity contribution in [2.24, 2.45) is 0 Å². The number of piperidine rings is 1. The van der Waals surface area contributed by atoms with Crippen LogP contribution in [0.25, 0.3) is 11.3 Å². The van der Waals surface area contributed by atoms with Crippen LogP contribution in [0.5, 0.6) is 0 Å². The van der Waals surface area contributed by atoms with Gasteiger partial charge in [-0.2, -0.15) is 33.2 Å². The van der Waals surface area contributed by atoms with Gasteiger partial charge >= 0.3 is 6.18 Å². The monoisotopic (exact) mass is 535 g/mol. The van der Waals surface area contributed by atoms with Crippen molar-refractivity contribution in [2.45, 2.75) is 19.0 Å². The highest BCUT2D eigenvalue weighted by atomic mass is 19.4. The molecule has 15 heteroatoms. The first-order chi connectivity index (χ1) is 18.8. The first kappa shape index (κ1) is 24.3. The number of imidazole rings is 1. The van der Waals surface area contributed by atoms with Gasteiger partial charge in [0, 0.05) is 62.0 Å². The van der Waals surface area contributed by atoms with Crippen LogP contribution in [0.1, 0.15) is 18.4 Å². The van der Waals surface area contributed by atoms with Gasteiger partial charge in [-0.25, -0.2) is 14.6 Å². The van der Waals surface area contributed by atoms with E-state index >= 15 is 0 Å². The van der Waals surface area contributed by atoms with Gasteiger partial charge in [0.25, 0.3) is 0 Å². The molecule has 0 bridgehead atoms. The molecule has 0 aliphatic carbocycles. The molecule has 6 rings (SSSR count). The van der Waals surface area contributed by atoms with E-state index in [0.29, 0.717) is 37.3 Å². The molecule has 0 atom stereocenters. The number of hydrogen-bond donors (Lipinski definition) is 2. The zero-order valence-electron chi connectivity index (χ0n) is 20.2. The van der Waals surface area contributed by atoms with Crippen molar-refractivity contribution in [3.8, 4) is 5.69 Å². The maximum absolute atomic E-state index is 13.7. The quantitative estimate of drug-likeness (QED) is 0.331. The molecule has 198 valence electrons. The third-order valence-electron chi connectivity index (χ3n) is 6.07. The number of halogens is 3. The molecule has 2 N–H and O–H groups in total. The minimum absolute atomic E-state index is 0.0187. The van der Waals surface area contributed by atoms with Crippen molar-refractivity contribution >= 4 is 40.7 Å². The number of pyridine rings is 1. The molecular weight excluding hydrogens is 515 g/mol. The molecule has 5 heterocycles. The van der Waals surface area contributed by atoms with Crippen molar-refractivity contribution in [3.63, 3.8) is 0 Å². The molecular formula is C24H20F3N11O. The van der Waals surface area contributed by atoms with E-state index in [-0.39, 0.29) is 35.0 Å². The zero-order valence-corrected chi connectivity index (χ0v) is 20.2. The normalized spacial score (nSPS) is 14.1. The lowest BCUT2D eigenvalue weighted by atomic mass is 10.1. The first-order valence-electron chi connectivity index (χ1n) is 11.9. The molecule has 4 aromatic heterocycles. The first-order valence-corrected chi connectivity index (χ1v) is 11.9. The predicted octanol–water partition coefficient (Wildman–Crippen LogP) is 3.78. The summed E-state index contributed by atoms with van der Waals surface area (Å²) in [5, 5.41) is 9.94. The Bertz CT molecular complexity index is 1640. The maximum atomic E-state index is 13.7. The minimum Gasteiger partial charge on any atom is -0.340 e. The van der Waals surface area contributed by atoms with E-state index in [9.17, 15) is 18.0 Å². The van der Waals surface area contributed by atoms with Gasteiger partial charge in [-0.05, 0) is 24.3 Å². The summed E-state index contributed by atoms with van der Waals surface area (Å²) in [7, 11) is 0. The largest absolute Gasteiger partial charge is 0.416 e. The molecule has 0 amide bonds. The van der Waals surface area contributed by atoms with Crippen molar-refractivity contribution in [2.75, 3.05) is 28.6 Å². The molecule has 1 aromatic carbocycles. The molecule has 0 radical (unpaired) electrons. The maximum Gasteiger partial charge on any atom is 0.416 e. The van der Waals surface area contributed by atoms with Crippen LogP contribution in [0.15, 0.2) is 61.6 Å². The second-order valence-electron chi connectivity index (χ2n) is 8.77. The van der Waals surface area contributed by atoms with Crippen LogP contribution in [-0.4, -0.2) is 58.0 Å².